The Morgan fingerprint density at radius 2 is 1.87 bits per heavy atom. The van der Waals surface area contributed by atoms with E-state index in [1.165, 1.54) is 11.1 Å². The molecule has 5 atom stereocenters. The molecule has 0 aromatic carbocycles. The van der Waals surface area contributed by atoms with E-state index in [9.17, 15) is 32.6 Å². The highest BCUT2D eigenvalue weighted by molar-refractivity contribution is 9.11. The van der Waals surface area contributed by atoms with Gasteiger partial charge in [0, 0.05) is 12.6 Å². The van der Waals surface area contributed by atoms with Gasteiger partial charge in [-0.1, -0.05) is 15.9 Å². The van der Waals surface area contributed by atoms with Crippen molar-refractivity contribution in [3.05, 3.63) is 37.6 Å². The molecule has 31 heavy (non-hydrogen) atoms. The minimum Gasteiger partial charge on any atom is -0.349 e. The number of aromatic nitrogens is 2. The van der Waals surface area contributed by atoms with Gasteiger partial charge in [0.1, 0.15) is 18.5 Å². The van der Waals surface area contributed by atoms with E-state index in [1.54, 1.807) is 0 Å². The smallest absolute Gasteiger partial charge is 0.349 e. The molecule has 2 rings (SSSR count). The maximum absolute atomic E-state index is 14.3. The van der Waals surface area contributed by atoms with Gasteiger partial charge in [0.2, 0.25) is 0 Å². The zero-order valence-electron chi connectivity index (χ0n) is 14.9. The summed E-state index contributed by atoms with van der Waals surface area (Å²) in [5.41, 5.74) is -1.59. The number of nitrogens with zero attached hydrogens (tertiary/aromatic N) is 1. The first-order valence-corrected chi connectivity index (χ1v) is 13.3. The highest BCUT2D eigenvalue weighted by atomic mass is 79.9. The quantitative estimate of drug-likeness (QED) is 0.258. The van der Waals surface area contributed by atoms with Crippen molar-refractivity contribution in [2.24, 2.45) is 0 Å². The molecule has 0 aliphatic carbocycles. The molecular weight excluding hydrogens is 560 g/mol. The first-order chi connectivity index (χ1) is 14.1. The molecule has 1 aromatic rings. The van der Waals surface area contributed by atoms with Crippen LogP contribution < -0.4 is 11.2 Å². The Morgan fingerprint density at radius 1 is 1.23 bits per heavy atom. The Morgan fingerprint density at radius 3 is 2.45 bits per heavy atom. The fourth-order valence-electron chi connectivity index (χ4n) is 2.38. The molecule has 1 aliphatic heterocycles. The van der Waals surface area contributed by atoms with Crippen LogP contribution in [0.5, 0.6) is 0 Å². The van der Waals surface area contributed by atoms with Gasteiger partial charge in [-0.15, -0.1) is 0 Å². The van der Waals surface area contributed by atoms with Crippen LogP contribution in [0.3, 0.4) is 0 Å². The molecule has 15 nitrogen and oxygen atoms in total. The van der Waals surface area contributed by atoms with Crippen LogP contribution in [-0.2, 0) is 31.6 Å². The Kier molecular flexibility index (Phi) is 8.53. The molecule has 1 fully saturated rings. The van der Waals surface area contributed by atoms with E-state index in [4.69, 9.17) is 19.4 Å². The highest BCUT2D eigenvalue weighted by Crippen LogP contribution is 2.66. The second kappa shape index (κ2) is 10.00. The van der Waals surface area contributed by atoms with E-state index >= 15 is 0 Å². The van der Waals surface area contributed by atoms with Gasteiger partial charge in [-0.25, -0.2) is 22.9 Å². The van der Waals surface area contributed by atoms with Crippen molar-refractivity contribution in [1.82, 2.24) is 9.55 Å². The summed E-state index contributed by atoms with van der Waals surface area (Å²) in [6.07, 6.45) is -2.65. The van der Waals surface area contributed by atoms with Gasteiger partial charge in [-0.2, -0.15) is 8.62 Å². The van der Waals surface area contributed by atoms with E-state index in [2.05, 4.69) is 29.1 Å². The van der Waals surface area contributed by atoms with Crippen LogP contribution in [-0.4, -0.2) is 48.0 Å². The first kappa shape index (κ1) is 26.5. The molecule has 0 saturated carbocycles. The summed E-state index contributed by atoms with van der Waals surface area (Å²) in [5.74, 6) is 0. The molecule has 0 radical (unpaired) electrons. The number of aromatic amines is 1. The molecule has 5 N–H and O–H groups in total. The van der Waals surface area contributed by atoms with Gasteiger partial charge < -0.3 is 24.3 Å². The minimum absolute atomic E-state index is 0.0344. The van der Waals surface area contributed by atoms with Crippen molar-refractivity contribution in [2.75, 3.05) is 6.61 Å². The van der Waals surface area contributed by atoms with Gasteiger partial charge in [0.25, 0.3) is 5.56 Å². The third-order valence-corrected chi connectivity index (χ3v) is 7.60. The van der Waals surface area contributed by atoms with Crippen LogP contribution in [0, 0.1) is 0 Å². The van der Waals surface area contributed by atoms with Crippen LogP contribution in [0.15, 0.2) is 20.8 Å². The van der Waals surface area contributed by atoms with Crippen molar-refractivity contribution in [2.45, 2.75) is 24.9 Å². The number of hydrogen-bond donors (Lipinski definition) is 5. The number of ether oxygens (including phenoxy) is 1. The molecule has 1 aromatic heterocycles. The number of rotatable bonds is 9. The normalized spacial score (nSPS) is 26.1. The lowest BCUT2D eigenvalue weighted by molar-refractivity contribution is -0.0349. The van der Waals surface area contributed by atoms with Crippen molar-refractivity contribution in [3.63, 3.8) is 0 Å². The second-order valence-electron chi connectivity index (χ2n) is 5.81. The summed E-state index contributed by atoms with van der Waals surface area (Å²) in [6.45, 7) is -1.02. The van der Waals surface area contributed by atoms with Crippen molar-refractivity contribution in [3.8, 4) is 0 Å². The largest absolute Gasteiger partial charge is 0.490 e. The lowest BCUT2D eigenvalue weighted by Crippen LogP contribution is -2.33. The molecule has 1 aliphatic rings. The summed E-state index contributed by atoms with van der Waals surface area (Å²) >= 11 is 2.96. The molecule has 20 heteroatoms. The van der Waals surface area contributed by atoms with Crippen molar-refractivity contribution in [1.29, 1.82) is 0 Å². The van der Waals surface area contributed by atoms with E-state index in [0.29, 0.717) is 0 Å². The standard InChI is InChI=1S/C11H15BrFN2O13P3/c12-2-1-6-4-15(11(17)14-10(6)16)9-3-7(13)8(26-9)5-25-30(21,22)28-31(23,24)27-29(18,19)20/h1-2,4,7-9H,3,5H2,(H,21,22)(H,23,24)(H,14,16,17)(H2,18,19,20)/b2-1+/t7-,8+,9+/m0/s1. The van der Waals surface area contributed by atoms with E-state index in [1.807, 2.05) is 4.98 Å². The predicted octanol–water partition coefficient (Wildman–Crippen LogP) is 0.871. The van der Waals surface area contributed by atoms with Crippen LogP contribution >= 0.6 is 39.4 Å². The summed E-state index contributed by atoms with van der Waals surface area (Å²) in [7, 11) is -16.7. The average molecular weight is 575 g/mol. The van der Waals surface area contributed by atoms with Gasteiger partial charge in [0.15, 0.2) is 0 Å². The molecule has 0 spiro atoms. The number of phosphoric acid groups is 3. The van der Waals surface area contributed by atoms with E-state index in [0.717, 1.165) is 10.8 Å². The van der Waals surface area contributed by atoms with E-state index < -0.39 is 66.2 Å². The van der Waals surface area contributed by atoms with Crippen LogP contribution in [0.2, 0.25) is 0 Å². The summed E-state index contributed by atoms with van der Waals surface area (Å²) in [5, 5.41) is 0. The Hall–Kier alpha value is -0.800. The first-order valence-electron chi connectivity index (χ1n) is 7.82. The zero-order chi connectivity index (χ0) is 23.6. The Labute approximate surface area is 180 Å². The van der Waals surface area contributed by atoms with E-state index in [-0.39, 0.29) is 5.56 Å². The van der Waals surface area contributed by atoms with Crippen LogP contribution in [0.1, 0.15) is 18.2 Å². The summed E-state index contributed by atoms with van der Waals surface area (Å²) in [6, 6.07) is 0. The number of H-pyrrole nitrogens is 1. The van der Waals surface area contributed by atoms with Gasteiger partial charge in [0.05, 0.1) is 12.2 Å². The lowest BCUT2D eigenvalue weighted by Gasteiger charge is -2.19. The number of nitrogens with one attached hydrogen (secondary N) is 1. The third kappa shape index (κ3) is 7.93. The molecular formula is C11H15BrFN2O13P3. The molecule has 0 amide bonds. The van der Waals surface area contributed by atoms with Gasteiger partial charge in [-0.05, 0) is 11.1 Å². The molecule has 1 saturated heterocycles. The second-order valence-corrected chi connectivity index (χ2v) is 10.8. The number of alkyl halides is 1. The Balaban J connectivity index is 2.07. The molecule has 176 valence electrons. The summed E-state index contributed by atoms with van der Waals surface area (Å²) < 4.78 is 65.3. The predicted molar refractivity (Wildman–Crippen MR) is 103 cm³/mol. The third-order valence-electron chi connectivity index (χ3n) is 3.53. The topological polar surface area (TPSA) is 224 Å². The maximum atomic E-state index is 14.3. The summed E-state index contributed by atoms with van der Waals surface area (Å²) in [4.78, 5) is 62.4. The number of hydrogen-bond acceptors (Lipinski definition) is 9. The SMILES string of the molecule is O=c1[nH]c(=O)n([C@H]2C[C@H](F)[C@@H](COP(=O)(O)OP(=O)(O)OP(=O)(O)O)O2)cc1/C=C/Br. The number of phosphoric ester groups is 1. The highest BCUT2D eigenvalue weighted by Gasteiger charge is 2.43. The number of halogens is 2. The van der Waals surface area contributed by atoms with Crippen molar-refractivity contribution >= 4 is 45.5 Å². The fourth-order valence-corrected chi connectivity index (χ4v) is 5.70. The monoisotopic (exact) mass is 574 g/mol. The average Bonchev–Trinajstić information content (AvgIpc) is 2.93. The molecule has 2 heterocycles. The van der Waals surface area contributed by atoms with Crippen LogP contribution in [0.4, 0.5) is 4.39 Å². The lowest BCUT2D eigenvalue weighted by atomic mass is 10.2. The molecule has 2 unspecified atom stereocenters. The van der Waals surface area contributed by atoms with Gasteiger partial charge in [-0.3, -0.25) is 18.9 Å². The fraction of sp³-hybridized carbons (Fsp3) is 0.455. The minimum atomic E-state index is -5.72. The van der Waals surface area contributed by atoms with Crippen molar-refractivity contribution < 1.29 is 55.5 Å². The molecule has 0 bridgehead atoms. The van der Waals surface area contributed by atoms with Gasteiger partial charge >= 0.3 is 29.2 Å². The van der Waals surface area contributed by atoms with Crippen LogP contribution in [0.25, 0.3) is 6.08 Å². The zero-order valence-corrected chi connectivity index (χ0v) is 19.2. The maximum Gasteiger partial charge on any atom is 0.490 e. The Bertz CT molecular complexity index is 1100.